The van der Waals surface area contributed by atoms with Gasteiger partial charge in [0, 0.05) is 5.56 Å². The summed E-state index contributed by atoms with van der Waals surface area (Å²) in [4.78, 5) is 16.6. The second-order valence-electron chi connectivity index (χ2n) is 5.87. The molecule has 0 aliphatic carbocycles. The quantitative estimate of drug-likeness (QED) is 0.432. The number of hydrogen-bond acceptors (Lipinski definition) is 7. The van der Waals surface area contributed by atoms with E-state index in [2.05, 4.69) is 16.7 Å². The molecule has 0 unspecified atom stereocenters. The van der Waals surface area contributed by atoms with Gasteiger partial charge in [-0.05, 0) is 30.7 Å². The Morgan fingerprint density at radius 3 is 2.79 bits per heavy atom. The molecule has 1 aromatic heterocycles. The molecule has 0 atom stereocenters. The summed E-state index contributed by atoms with van der Waals surface area (Å²) in [6.07, 6.45) is 1.62. The molecule has 0 spiro atoms. The van der Waals surface area contributed by atoms with E-state index >= 15 is 0 Å². The number of rotatable bonds is 8. The zero-order chi connectivity index (χ0) is 19.9. The van der Waals surface area contributed by atoms with E-state index in [1.807, 2.05) is 31.2 Å². The minimum absolute atomic E-state index is 0.130. The largest absolute Gasteiger partial charge is 0.493 e. The van der Waals surface area contributed by atoms with E-state index < -0.39 is 5.97 Å². The Morgan fingerprint density at radius 1 is 1.21 bits per heavy atom. The highest BCUT2D eigenvalue weighted by Gasteiger charge is 2.15. The molecular weight excluding hydrogens is 360 g/mol. The molecule has 144 valence electrons. The van der Waals surface area contributed by atoms with Crippen LogP contribution in [-0.2, 0) is 11.3 Å². The Hall–Kier alpha value is -3.61. The van der Waals surface area contributed by atoms with Crippen molar-refractivity contribution in [3.8, 4) is 22.9 Å². The molecule has 0 radical (unpaired) electrons. The molecule has 2 aromatic carbocycles. The summed E-state index contributed by atoms with van der Waals surface area (Å²) in [7, 11) is 1.50. The van der Waals surface area contributed by atoms with Crippen LogP contribution in [0.25, 0.3) is 11.4 Å². The second kappa shape index (κ2) is 8.85. The van der Waals surface area contributed by atoms with Crippen LogP contribution in [0.2, 0.25) is 0 Å². The average Bonchev–Trinajstić information content (AvgIpc) is 3.19. The van der Waals surface area contributed by atoms with Crippen LogP contribution in [0.5, 0.6) is 11.5 Å². The number of aromatic nitrogens is 2. The highest BCUT2D eigenvalue weighted by atomic mass is 16.6. The van der Waals surface area contributed by atoms with E-state index in [4.69, 9.17) is 18.7 Å². The van der Waals surface area contributed by atoms with Crippen molar-refractivity contribution >= 4 is 5.97 Å². The van der Waals surface area contributed by atoms with Gasteiger partial charge in [0.1, 0.15) is 6.61 Å². The van der Waals surface area contributed by atoms with Crippen molar-refractivity contribution in [1.82, 2.24) is 10.1 Å². The molecule has 0 aliphatic heterocycles. The van der Waals surface area contributed by atoms with Crippen LogP contribution in [-0.4, -0.2) is 29.8 Å². The number of methoxy groups -OCH3 is 1. The van der Waals surface area contributed by atoms with Crippen molar-refractivity contribution < 1.29 is 23.5 Å². The summed E-state index contributed by atoms with van der Waals surface area (Å²) in [5.41, 5.74) is 2.21. The smallest absolute Gasteiger partial charge is 0.338 e. The van der Waals surface area contributed by atoms with Crippen molar-refractivity contribution in [2.45, 2.75) is 13.5 Å². The van der Waals surface area contributed by atoms with Gasteiger partial charge in [0.25, 0.3) is 5.89 Å². The van der Waals surface area contributed by atoms with Crippen LogP contribution in [0.3, 0.4) is 0 Å². The molecule has 1 heterocycles. The summed E-state index contributed by atoms with van der Waals surface area (Å²) in [6, 6.07) is 12.5. The van der Waals surface area contributed by atoms with Gasteiger partial charge in [0.05, 0.1) is 12.7 Å². The van der Waals surface area contributed by atoms with E-state index in [9.17, 15) is 4.79 Å². The molecule has 3 rings (SSSR count). The highest BCUT2D eigenvalue weighted by molar-refractivity contribution is 5.90. The fourth-order valence-electron chi connectivity index (χ4n) is 2.52. The number of hydrogen-bond donors (Lipinski definition) is 0. The average molecular weight is 380 g/mol. The van der Waals surface area contributed by atoms with E-state index in [1.54, 1.807) is 24.3 Å². The first kappa shape index (κ1) is 19.2. The molecule has 3 aromatic rings. The van der Waals surface area contributed by atoms with Crippen LogP contribution in [0.1, 0.15) is 21.8 Å². The van der Waals surface area contributed by atoms with Gasteiger partial charge in [0.2, 0.25) is 5.82 Å². The summed E-state index contributed by atoms with van der Waals surface area (Å²) < 4.78 is 21.2. The first-order chi connectivity index (χ1) is 13.6. The van der Waals surface area contributed by atoms with Crippen molar-refractivity contribution in [3.63, 3.8) is 0 Å². The van der Waals surface area contributed by atoms with Crippen LogP contribution < -0.4 is 9.47 Å². The molecular formula is C21H20N2O5. The monoisotopic (exact) mass is 380 g/mol. The molecule has 0 aliphatic rings. The normalized spacial score (nSPS) is 10.4. The standard InChI is InChI=1S/C21H20N2O5/c1-4-11-26-17-10-9-15(12-18(17)25-3)21(24)27-13-19-22-20(23-28-19)16-8-6-5-7-14(16)2/h4-10,12H,1,11,13H2,2-3H3. The first-order valence-corrected chi connectivity index (χ1v) is 8.60. The molecule has 0 bridgehead atoms. The minimum atomic E-state index is -0.538. The number of aryl methyl sites for hydroxylation is 1. The Morgan fingerprint density at radius 2 is 2.04 bits per heavy atom. The lowest BCUT2D eigenvalue weighted by Gasteiger charge is -2.10. The Kier molecular flexibility index (Phi) is 6.06. The maximum Gasteiger partial charge on any atom is 0.338 e. The fraction of sp³-hybridized carbons (Fsp3) is 0.190. The highest BCUT2D eigenvalue weighted by Crippen LogP contribution is 2.28. The maximum absolute atomic E-state index is 12.3. The van der Waals surface area contributed by atoms with Gasteiger partial charge in [-0.3, -0.25) is 0 Å². The zero-order valence-electron chi connectivity index (χ0n) is 15.7. The molecule has 0 amide bonds. The third-order valence-corrected chi connectivity index (χ3v) is 3.94. The third kappa shape index (κ3) is 4.37. The molecule has 28 heavy (non-hydrogen) atoms. The summed E-state index contributed by atoms with van der Waals surface area (Å²) >= 11 is 0. The van der Waals surface area contributed by atoms with Crippen molar-refractivity contribution in [3.05, 3.63) is 72.1 Å². The maximum atomic E-state index is 12.3. The van der Waals surface area contributed by atoms with Gasteiger partial charge < -0.3 is 18.7 Å². The summed E-state index contributed by atoms with van der Waals surface area (Å²) in [5.74, 6) is 1.07. The lowest BCUT2D eigenvalue weighted by molar-refractivity contribution is 0.0429. The molecule has 0 saturated heterocycles. The number of carbonyl (C=O) groups excluding carboxylic acids is 1. The topological polar surface area (TPSA) is 83.7 Å². The van der Waals surface area contributed by atoms with E-state index in [0.717, 1.165) is 11.1 Å². The van der Waals surface area contributed by atoms with Gasteiger partial charge in [-0.25, -0.2) is 4.79 Å². The van der Waals surface area contributed by atoms with E-state index in [-0.39, 0.29) is 12.5 Å². The van der Waals surface area contributed by atoms with Crippen LogP contribution >= 0.6 is 0 Å². The third-order valence-electron chi connectivity index (χ3n) is 3.94. The molecule has 0 saturated carbocycles. The summed E-state index contributed by atoms with van der Waals surface area (Å²) in [6.45, 7) is 5.76. The van der Waals surface area contributed by atoms with Gasteiger partial charge in [-0.2, -0.15) is 4.98 Å². The van der Waals surface area contributed by atoms with Gasteiger partial charge in [0.15, 0.2) is 18.1 Å². The molecule has 7 heteroatoms. The predicted molar refractivity (Wildman–Crippen MR) is 102 cm³/mol. The minimum Gasteiger partial charge on any atom is -0.493 e. The molecule has 7 nitrogen and oxygen atoms in total. The Balaban J connectivity index is 1.66. The van der Waals surface area contributed by atoms with Gasteiger partial charge in [-0.1, -0.05) is 42.1 Å². The van der Waals surface area contributed by atoms with Crippen LogP contribution in [0, 0.1) is 6.92 Å². The first-order valence-electron chi connectivity index (χ1n) is 8.60. The second-order valence-corrected chi connectivity index (χ2v) is 5.87. The van der Waals surface area contributed by atoms with E-state index in [1.165, 1.54) is 7.11 Å². The Labute approximate surface area is 162 Å². The van der Waals surface area contributed by atoms with Crippen LogP contribution in [0.15, 0.2) is 59.6 Å². The fourth-order valence-corrected chi connectivity index (χ4v) is 2.52. The summed E-state index contributed by atoms with van der Waals surface area (Å²) in [5, 5.41) is 3.94. The number of esters is 1. The number of benzene rings is 2. The van der Waals surface area contributed by atoms with Gasteiger partial charge >= 0.3 is 5.97 Å². The predicted octanol–water partition coefficient (Wildman–Crippen LogP) is 3.98. The lowest BCUT2D eigenvalue weighted by atomic mass is 10.1. The van der Waals surface area contributed by atoms with Gasteiger partial charge in [-0.15, -0.1) is 0 Å². The lowest BCUT2D eigenvalue weighted by Crippen LogP contribution is -2.06. The zero-order valence-corrected chi connectivity index (χ0v) is 15.7. The van der Waals surface area contributed by atoms with E-state index in [0.29, 0.717) is 29.5 Å². The Bertz CT molecular complexity index is 980. The van der Waals surface area contributed by atoms with Crippen molar-refractivity contribution in [1.29, 1.82) is 0 Å². The number of nitrogens with zero attached hydrogens (tertiary/aromatic N) is 2. The van der Waals surface area contributed by atoms with Crippen molar-refractivity contribution in [2.24, 2.45) is 0 Å². The van der Waals surface area contributed by atoms with Crippen molar-refractivity contribution in [2.75, 3.05) is 13.7 Å². The molecule has 0 N–H and O–H groups in total. The SMILES string of the molecule is C=CCOc1ccc(C(=O)OCc2nc(-c3ccccc3C)no2)cc1OC. The van der Waals surface area contributed by atoms with Crippen LogP contribution in [0.4, 0.5) is 0 Å². The number of carbonyl (C=O) groups is 1. The molecule has 0 fully saturated rings. The number of ether oxygens (including phenoxy) is 3.